The number of hydrogen-bond acceptors (Lipinski definition) is 1. The van der Waals surface area contributed by atoms with Crippen LogP contribution in [0.4, 0.5) is 0 Å². The van der Waals surface area contributed by atoms with E-state index in [1.165, 1.54) is 36.8 Å². The SMILES string of the molecule is CCCCCc1ccc(Cn2ccnc2)cc1. The van der Waals surface area contributed by atoms with E-state index in [2.05, 4.69) is 40.7 Å². The van der Waals surface area contributed by atoms with E-state index < -0.39 is 0 Å². The molecule has 0 bridgehead atoms. The van der Waals surface area contributed by atoms with Crippen molar-refractivity contribution in [1.29, 1.82) is 0 Å². The van der Waals surface area contributed by atoms with Crippen LogP contribution in [0.1, 0.15) is 37.3 Å². The van der Waals surface area contributed by atoms with E-state index >= 15 is 0 Å². The topological polar surface area (TPSA) is 17.8 Å². The molecule has 0 N–H and O–H groups in total. The maximum absolute atomic E-state index is 4.05. The van der Waals surface area contributed by atoms with Gasteiger partial charge in [0.25, 0.3) is 0 Å². The Balaban J connectivity index is 1.89. The molecular formula is C15H20N2. The monoisotopic (exact) mass is 228 g/mol. The number of imidazole rings is 1. The van der Waals surface area contributed by atoms with Crippen molar-refractivity contribution in [3.63, 3.8) is 0 Å². The summed E-state index contributed by atoms with van der Waals surface area (Å²) < 4.78 is 2.09. The van der Waals surface area contributed by atoms with Gasteiger partial charge in [0.15, 0.2) is 0 Å². The number of aryl methyl sites for hydroxylation is 1. The molecule has 2 nitrogen and oxygen atoms in total. The molecule has 0 fully saturated rings. The predicted molar refractivity (Wildman–Crippen MR) is 71.0 cm³/mol. The molecule has 0 aliphatic carbocycles. The summed E-state index contributed by atoms with van der Waals surface area (Å²) in [6, 6.07) is 8.95. The number of nitrogens with zero attached hydrogens (tertiary/aromatic N) is 2. The van der Waals surface area contributed by atoms with Crippen LogP contribution in [0.3, 0.4) is 0 Å². The first-order chi connectivity index (χ1) is 8.38. The van der Waals surface area contributed by atoms with Gasteiger partial charge >= 0.3 is 0 Å². The summed E-state index contributed by atoms with van der Waals surface area (Å²) in [5.74, 6) is 0. The Bertz CT molecular complexity index is 415. The van der Waals surface area contributed by atoms with Crippen molar-refractivity contribution in [1.82, 2.24) is 9.55 Å². The summed E-state index contributed by atoms with van der Waals surface area (Å²) in [4.78, 5) is 4.05. The van der Waals surface area contributed by atoms with Crippen LogP contribution in [-0.4, -0.2) is 9.55 Å². The molecular weight excluding hydrogens is 208 g/mol. The lowest BCUT2D eigenvalue weighted by Gasteiger charge is -2.05. The van der Waals surface area contributed by atoms with E-state index in [4.69, 9.17) is 0 Å². The molecule has 90 valence electrons. The van der Waals surface area contributed by atoms with Gasteiger partial charge in [-0.05, 0) is 24.0 Å². The predicted octanol–water partition coefficient (Wildman–Crippen LogP) is 3.66. The summed E-state index contributed by atoms with van der Waals surface area (Å²) in [5.41, 5.74) is 2.79. The summed E-state index contributed by atoms with van der Waals surface area (Å²) in [6.07, 6.45) is 10.8. The molecule has 2 aromatic rings. The molecule has 0 saturated carbocycles. The Morgan fingerprint density at radius 2 is 1.82 bits per heavy atom. The van der Waals surface area contributed by atoms with Crippen LogP contribution in [0.25, 0.3) is 0 Å². The van der Waals surface area contributed by atoms with Crippen LogP contribution in [0.5, 0.6) is 0 Å². The molecule has 0 aliphatic heterocycles. The maximum atomic E-state index is 4.05. The fourth-order valence-corrected chi connectivity index (χ4v) is 1.98. The second-order valence-corrected chi connectivity index (χ2v) is 4.51. The summed E-state index contributed by atoms with van der Waals surface area (Å²) in [6.45, 7) is 3.16. The lowest BCUT2D eigenvalue weighted by molar-refractivity contribution is 0.717. The van der Waals surface area contributed by atoms with Gasteiger partial charge < -0.3 is 4.57 Å². The van der Waals surface area contributed by atoms with Gasteiger partial charge in [0, 0.05) is 18.9 Å². The summed E-state index contributed by atoms with van der Waals surface area (Å²) in [5, 5.41) is 0. The molecule has 0 atom stereocenters. The lowest BCUT2D eigenvalue weighted by Crippen LogP contribution is -1.96. The Morgan fingerprint density at radius 3 is 2.47 bits per heavy atom. The van der Waals surface area contributed by atoms with Gasteiger partial charge in [-0.3, -0.25) is 0 Å². The van der Waals surface area contributed by atoms with Crippen LogP contribution in [0, 0.1) is 0 Å². The number of hydrogen-bond donors (Lipinski definition) is 0. The van der Waals surface area contributed by atoms with Crippen molar-refractivity contribution in [2.75, 3.05) is 0 Å². The highest BCUT2D eigenvalue weighted by atomic mass is 15.0. The molecule has 0 unspecified atom stereocenters. The van der Waals surface area contributed by atoms with Crippen molar-refractivity contribution in [2.24, 2.45) is 0 Å². The van der Waals surface area contributed by atoms with Crippen molar-refractivity contribution >= 4 is 0 Å². The van der Waals surface area contributed by atoms with E-state index in [0.717, 1.165) is 6.54 Å². The van der Waals surface area contributed by atoms with Gasteiger partial charge in [-0.25, -0.2) is 4.98 Å². The molecule has 0 radical (unpaired) electrons. The molecule has 0 spiro atoms. The zero-order valence-electron chi connectivity index (χ0n) is 10.5. The number of benzene rings is 1. The fraction of sp³-hybridized carbons (Fsp3) is 0.400. The number of rotatable bonds is 6. The minimum Gasteiger partial charge on any atom is -0.333 e. The van der Waals surface area contributed by atoms with E-state index in [9.17, 15) is 0 Å². The van der Waals surface area contributed by atoms with Gasteiger partial charge in [-0.1, -0.05) is 44.0 Å². The van der Waals surface area contributed by atoms with Crippen molar-refractivity contribution < 1.29 is 0 Å². The van der Waals surface area contributed by atoms with Gasteiger partial charge in [0.05, 0.1) is 6.33 Å². The van der Waals surface area contributed by atoms with Crippen molar-refractivity contribution in [3.8, 4) is 0 Å². The first kappa shape index (κ1) is 11.9. The number of aromatic nitrogens is 2. The minimum atomic E-state index is 0.912. The third kappa shape index (κ3) is 3.74. The molecule has 2 rings (SSSR count). The lowest BCUT2D eigenvalue weighted by atomic mass is 10.1. The van der Waals surface area contributed by atoms with Crippen LogP contribution < -0.4 is 0 Å². The molecule has 0 saturated heterocycles. The Morgan fingerprint density at radius 1 is 1.06 bits per heavy atom. The molecule has 1 heterocycles. The van der Waals surface area contributed by atoms with Gasteiger partial charge in [0.1, 0.15) is 0 Å². The van der Waals surface area contributed by atoms with E-state index in [-0.39, 0.29) is 0 Å². The maximum Gasteiger partial charge on any atom is 0.0949 e. The third-order valence-corrected chi connectivity index (χ3v) is 3.02. The normalized spacial score (nSPS) is 10.6. The van der Waals surface area contributed by atoms with Crippen molar-refractivity contribution in [2.45, 2.75) is 39.2 Å². The molecule has 1 aromatic carbocycles. The van der Waals surface area contributed by atoms with Gasteiger partial charge in [-0.2, -0.15) is 0 Å². The highest BCUT2D eigenvalue weighted by Gasteiger charge is 1.96. The Labute approximate surface area is 103 Å². The molecule has 2 heteroatoms. The highest BCUT2D eigenvalue weighted by molar-refractivity contribution is 5.22. The third-order valence-electron chi connectivity index (χ3n) is 3.02. The number of unbranched alkanes of at least 4 members (excludes halogenated alkanes) is 2. The average molecular weight is 228 g/mol. The van der Waals surface area contributed by atoms with Crippen molar-refractivity contribution in [3.05, 3.63) is 54.1 Å². The molecule has 0 amide bonds. The van der Waals surface area contributed by atoms with E-state index in [1.807, 2.05) is 18.7 Å². The molecule has 1 aromatic heterocycles. The summed E-state index contributed by atoms with van der Waals surface area (Å²) >= 11 is 0. The van der Waals surface area contributed by atoms with E-state index in [1.54, 1.807) is 0 Å². The fourth-order valence-electron chi connectivity index (χ4n) is 1.98. The quantitative estimate of drug-likeness (QED) is 0.690. The largest absolute Gasteiger partial charge is 0.333 e. The Kier molecular flexibility index (Phi) is 4.37. The highest BCUT2D eigenvalue weighted by Crippen LogP contribution is 2.09. The Hall–Kier alpha value is -1.57. The van der Waals surface area contributed by atoms with Gasteiger partial charge in [-0.15, -0.1) is 0 Å². The molecule has 0 aliphatic rings. The minimum absolute atomic E-state index is 0.912. The van der Waals surface area contributed by atoms with Crippen LogP contribution in [-0.2, 0) is 13.0 Å². The zero-order valence-corrected chi connectivity index (χ0v) is 10.5. The van der Waals surface area contributed by atoms with Gasteiger partial charge in [0.2, 0.25) is 0 Å². The van der Waals surface area contributed by atoms with Crippen LogP contribution in [0.2, 0.25) is 0 Å². The first-order valence-corrected chi connectivity index (χ1v) is 6.42. The standard InChI is InChI=1S/C15H20N2/c1-2-3-4-5-14-6-8-15(9-7-14)12-17-11-10-16-13-17/h6-11,13H,2-5,12H2,1H3. The summed E-state index contributed by atoms with van der Waals surface area (Å²) in [7, 11) is 0. The average Bonchev–Trinajstić information content (AvgIpc) is 2.85. The zero-order chi connectivity index (χ0) is 11.9. The second kappa shape index (κ2) is 6.24. The van der Waals surface area contributed by atoms with E-state index in [0.29, 0.717) is 0 Å². The smallest absolute Gasteiger partial charge is 0.0949 e. The van der Waals surface area contributed by atoms with Crippen LogP contribution >= 0.6 is 0 Å². The first-order valence-electron chi connectivity index (χ1n) is 6.42. The molecule has 17 heavy (non-hydrogen) atoms. The second-order valence-electron chi connectivity index (χ2n) is 4.51. The van der Waals surface area contributed by atoms with Crippen LogP contribution in [0.15, 0.2) is 43.0 Å².